The summed E-state index contributed by atoms with van der Waals surface area (Å²) in [6.45, 7) is 4.36. The van der Waals surface area contributed by atoms with Crippen molar-refractivity contribution in [1.29, 1.82) is 0 Å². The van der Waals surface area contributed by atoms with E-state index in [1.54, 1.807) is 18.2 Å². The second-order valence-electron chi connectivity index (χ2n) is 6.38. The third-order valence-corrected chi connectivity index (χ3v) is 3.89. The molecular formula is C18H24N2O5. The van der Waals surface area contributed by atoms with Crippen LogP contribution in [-0.4, -0.2) is 44.6 Å². The summed E-state index contributed by atoms with van der Waals surface area (Å²) in [4.78, 5) is 37.5. The second-order valence-corrected chi connectivity index (χ2v) is 6.38. The van der Waals surface area contributed by atoms with Crippen LogP contribution in [0.3, 0.4) is 0 Å². The minimum Gasteiger partial charge on any atom is -0.495 e. The Morgan fingerprint density at radius 3 is 2.72 bits per heavy atom. The molecule has 25 heavy (non-hydrogen) atoms. The first-order chi connectivity index (χ1) is 11.9. The van der Waals surface area contributed by atoms with E-state index >= 15 is 0 Å². The molecule has 136 valence electrons. The molecule has 0 radical (unpaired) electrons. The Labute approximate surface area is 147 Å². The lowest BCUT2D eigenvalue weighted by molar-refractivity contribution is -0.152. The summed E-state index contributed by atoms with van der Waals surface area (Å²) in [7, 11) is 1.53. The zero-order chi connectivity index (χ0) is 18.4. The van der Waals surface area contributed by atoms with E-state index in [0.29, 0.717) is 23.9 Å². The van der Waals surface area contributed by atoms with E-state index in [-0.39, 0.29) is 31.4 Å². The number of hydrogen-bond acceptors (Lipinski definition) is 5. The summed E-state index contributed by atoms with van der Waals surface area (Å²) in [5.74, 6) is -0.746. The van der Waals surface area contributed by atoms with Gasteiger partial charge in [0.2, 0.25) is 5.91 Å². The molecule has 1 heterocycles. The van der Waals surface area contributed by atoms with Crippen molar-refractivity contribution in [1.82, 2.24) is 5.32 Å². The topological polar surface area (TPSA) is 84.9 Å². The highest BCUT2D eigenvalue weighted by Crippen LogP contribution is 2.32. The van der Waals surface area contributed by atoms with E-state index in [9.17, 15) is 14.4 Å². The SMILES string of the molecule is COc1ccccc1N1C[C@@H](C(=O)OCC(=O)NCC(C)C)CC1=O. The van der Waals surface area contributed by atoms with E-state index in [0.717, 1.165) is 0 Å². The molecule has 1 fully saturated rings. The van der Waals surface area contributed by atoms with Gasteiger partial charge in [-0.15, -0.1) is 0 Å². The molecule has 1 aromatic carbocycles. The van der Waals surface area contributed by atoms with Crippen LogP contribution in [-0.2, 0) is 19.1 Å². The number of anilines is 1. The van der Waals surface area contributed by atoms with E-state index in [1.807, 2.05) is 19.9 Å². The predicted molar refractivity (Wildman–Crippen MR) is 92.3 cm³/mol. The first-order valence-electron chi connectivity index (χ1n) is 8.29. The molecular weight excluding hydrogens is 324 g/mol. The molecule has 0 aliphatic carbocycles. The number of carbonyl (C=O) groups excluding carboxylic acids is 3. The van der Waals surface area contributed by atoms with E-state index in [2.05, 4.69) is 5.32 Å². The van der Waals surface area contributed by atoms with Gasteiger partial charge in [-0.1, -0.05) is 26.0 Å². The number of hydrogen-bond donors (Lipinski definition) is 1. The van der Waals surface area contributed by atoms with Crippen molar-refractivity contribution < 1.29 is 23.9 Å². The molecule has 1 aromatic rings. The molecule has 7 nitrogen and oxygen atoms in total. The van der Waals surface area contributed by atoms with Crippen molar-refractivity contribution in [2.24, 2.45) is 11.8 Å². The van der Waals surface area contributed by atoms with Crippen molar-refractivity contribution in [3.63, 3.8) is 0 Å². The molecule has 2 amide bonds. The number of carbonyl (C=O) groups is 3. The highest BCUT2D eigenvalue weighted by atomic mass is 16.5. The third-order valence-electron chi connectivity index (χ3n) is 3.89. The average Bonchev–Trinajstić information content (AvgIpc) is 2.99. The Morgan fingerprint density at radius 1 is 1.32 bits per heavy atom. The van der Waals surface area contributed by atoms with Crippen LogP contribution in [0.4, 0.5) is 5.69 Å². The molecule has 1 aliphatic heterocycles. The summed E-state index contributed by atoms with van der Waals surface area (Å²) in [6.07, 6.45) is 0.0600. The molecule has 0 aromatic heterocycles. The highest BCUT2D eigenvalue weighted by molar-refractivity contribution is 6.00. The van der Waals surface area contributed by atoms with Gasteiger partial charge in [-0.3, -0.25) is 14.4 Å². The summed E-state index contributed by atoms with van der Waals surface area (Å²) >= 11 is 0. The maximum absolute atomic E-state index is 12.3. The maximum atomic E-state index is 12.3. The average molecular weight is 348 g/mol. The molecule has 1 aliphatic rings. The lowest BCUT2D eigenvalue weighted by Gasteiger charge is -2.19. The van der Waals surface area contributed by atoms with Crippen LogP contribution in [0.5, 0.6) is 5.75 Å². The Morgan fingerprint density at radius 2 is 2.04 bits per heavy atom. The van der Waals surface area contributed by atoms with Gasteiger partial charge in [-0.2, -0.15) is 0 Å². The molecule has 1 N–H and O–H groups in total. The molecule has 0 saturated carbocycles. The van der Waals surface area contributed by atoms with Crippen LogP contribution in [0.2, 0.25) is 0 Å². The molecule has 1 atom stereocenters. The van der Waals surface area contributed by atoms with Crippen LogP contribution in [0.1, 0.15) is 20.3 Å². The number of nitrogens with zero attached hydrogens (tertiary/aromatic N) is 1. The van der Waals surface area contributed by atoms with Gasteiger partial charge in [0.15, 0.2) is 6.61 Å². The van der Waals surface area contributed by atoms with E-state index < -0.39 is 11.9 Å². The quantitative estimate of drug-likeness (QED) is 0.752. The monoisotopic (exact) mass is 348 g/mol. The third kappa shape index (κ3) is 4.95. The van der Waals surface area contributed by atoms with Gasteiger partial charge in [0.1, 0.15) is 5.75 Å². The zero-order valence-electron chi connectivity index (χ0n) is 14.8. The zero-order valence-corrected chi connectivity index (χ0v) is 14.8. The molecule has 0 bridgehead atoms. The normalized spacial score (nSPS) is 16.9. The fraction of sp³-hybridized carbons (Fsp3) is 0.500. The number of nitrogens with one attached hydrogen (secondary N) is 1. The summed E-state index contributed by atoms with van der Waals surface area (Å²) in [6, 6.07) is 7.14. The number of rotatable bonds is 7. The van der Waals surface area contributed by atoms with Gasteiger partial charge >= 0.3 is 5.97 Å². The number of esters is 1. The van der Waals surface area contributed by atoms with Gasteiger partial charge in [0.05, 0.1) is 18.7 Å². The van der Waals surface area contributed by atoms with Gasteiger partial charge in [0, 0.05) is 19.5 Å². The van der Waals surface area contributed by atoms with Crippen LogP contribution >= 0.6 is 0 Å². The lowest BCUT2D eigenvalue weighted by Crippen LogP contribution is -2.33. The van der Waals surface area contributed by atoms with E-state index in [4.69, 9.17) is 9.47 Å². The lowest BCUT2D eigenvalue weighted by atomic mass is 10.1. The Bertz CT molecular complexity index is 644. The fourth-order valence-electron chi connectivity index (χ4n) is 2.57. The van der Waals surface area contributed by atoms with Crippen LogP contribution < -0.4 is 15.0 Å². The van der Waals surface area contributed by atoms with Crippen LogP contribution in [0.25, 0.3) is 0 Å². The number of para-hydroxylation sites is 2. The van der Waals surface area contributed by atoms with Crippen molar-refractivity contribution in [3.05, 3.63) is 24.3 Å². The molecule has 0 unspecified atom stereocenters. The largest absolute Gasteiger partial charge is 0.495 e. The van der Waals surface area contributed by atoms with Crippen molar-refractivity contribution in [3.8, 4) is 5.75 Å². The number of amides is 2. The van der Waals surface area contributed by atoms with Crippen LogP contribution in [0.15, 0.2) is 24.3 Å². The number of benzene rings is 1. The Hall–Kier alpha value is -2.57. The van der Waals surface area contributed by atoms with Gasteiger partial charge in [-0.05, 0) is 18.1 Å². The standard InChI is InChI=1S/C18H24N2O5/c1-12(2)9-19-16(21)11-25-18(23)13-8-17(22)20(10-13)14-6-4-5-7-15(14)24-3/h4-7,12-13H,8-11H2,1-3H3,(H,19,21)/t13-/m0/s1. The van der Waals surface area contributed by atoms with Crippen LogP contribution in [0, 0.1) is 11.8 Å². The molecule has 1 saturated heterocycles. The summed E-state index contributed by atoms with van der Waals surface area (Å²) in [5, 5.41) is 2.68. The molecule has 7 heteroatoms. The fourth-order valence-corrected chi connectivity index (χ4v) is 2.57. The highest BCUT2D eigenvalue weighted by Gasteiger charge is 2.37. The second kappa shape index (κ2) is 8.50. The smallest absolute Gasteiger partial charge is 0.311 e. The maximum Gasteiger partial charge on any atom is 0.311 e. The molecule has 2 rings (SSSR count). The molecule has 0 spiro atoms. The predicted octanol–water partition coefficient (Wildman–Crippen LogP) is 1.36. The van der Waals surface area contributed by atoms with Gasteiger partial charge < -0.3 is 19.7 Å². The summed E-state index contributed by atoms with van der Waals surface area (Å²) < 4.78 is 10.3. The van der Waals surface area contributed by atoms with E-state index in [1.165, 1.54) is 12.0 Å². The van der Waals surface area contributed by atoms with Gasteiger partial charge in [-0.25, -0.2) is 0 Å². The summed E-state index contributed by atoms with van der Waals surface area (Å²) in [5.41, 5.74) is 0.625. The Kier molecular flexibility index (Phi) is 6.38. The minimum atomic E-state index is -0.588. The van der Waals surface area contributed by atoms with Gasteiger partial charge in [0.25, 0.3) is 5.91 Å². The first-order valence-corrected chi connectivity index (χ1v) is 8.29. The van der Waals surface area contributed by atoms with Crippen molar-refractivity contribution in [2.45, 2.75) is 20.3 Å². The number of ether oxygens (including phenoxy) is 2. The van der Waals surface area contributed by atoms with Crippen molar-refractivity contribution in [2.75, 3.05) is 31.7 Å². The Balaban J connectivity index is 1.91. The number of methoxy groups -OCH3 is 1. The minimum absolute atomic E-state index is 0.0600. The van der Waals surface area contributed by atoms with Crippen molar-refractivity contribution >= 4 is 23.5 Å². The first kappa shape index (κ1) is 18.8.